The number of aromatic nitrogens is 1. The standard InChI is InChI=1S/C9H9ClN2OS/c10-9-2-1-8(14-9)7-5-6(3-4-11)12-13-7/h1-2,5H,3-4,11H2. The molecule has 0 saturated heterocycles. The van der Waals surface area contributed by atoms with Crippen molar-refractivity contribution in [2.24, 2.45) is 5.73 Å². The second-order valence-corrected chi connectivity index (χ2v) is 4.54. The number of halogens is 1. The van der Waals surface area contributed by atoms with Gasteiger partial charge in [0.25, 0.3) is 0 Å². The average molecular weight is 229 g/mol. The Morgan fingerprint density at radius 2 is 2.36 bits per heavy atom. The molecule has 0 aliphatic rings. The summed E-state index contributed by atoms with van der Waals surface area (Å²) in [5.74, 6) is 0.755. The number of nitrogens with two attached hydrogens (primary N) is 1. The van der Waals surface area contributed by atoms with Crippen LogP contribution in [0.15, 0.2) is 22.7 Å². The van der Waals surface area contributed by atoms with Crippen LogP contribution in [0.1, 0.15) is 5.69 Å². The summed E-state index contributed by atoms with van der Waals surface area (Å²) in [5, 5.41) is 3.90. The maximum Gasteiger partial charge on any atom is 0.177 e. The van der Waals surface area contributed by atoms with Gasteiger partial charge in [-0.2, -0.15) is 0 Å². The Morgan fingerprint density at radius 3 is 3.00 bits per heavy atom. The molecule has 0 amide bonds. The van der Waals surface area contributed by atoms with Crippen molar-refractivity contribution in [3.05, 3.63) is 28.2 Å². The third-order valence-electron chi connectivity index (χ3n) is 1.78. The molecule has 5 heteroatoms. The number of hydrogen-bond donors (Lipinski definition) is 1. The van der Waals surface area contributed by atoms with Crippen LogP contribution in [0.3, 0.4) is 0 Å². The lowest BCUT2D eigenvalue weighted by Gasteiger charge is -1.85. The van der Waals surface area contributed by atoms with Crippen LogP contribution in [-0.2, 0) is 6.42 Å². The minimum absolute atomic E-state index is 0.581. The number of thiophene rings is 1. The van der Waals surface area contributed by atoms with Crippen LogP contribution in [0.25, 0.3) is 10.6 Å². The van der Waals surface area contributed by atoms with E-state index < -0.39 is 0 Å². The van der Waals surface area contributed by atoms with Gasteiger partial charge in [-0.15, -0.1) is 11.3 Å². The molecule has 0 fully saturated rings. The lowest BCUT2D eigenvalue weighted by atomic mass is 10.3. The molecule has 0 bridgehead atoms. The van der Waals surface area contributed by atoms with Crippen LogP contribution in [0.2, 0.25) is 4.34 Å². The fourth-order valence-electron chi connectivity index (χ4n) is 1.14. The van der Waals surface area contributed by atoms with Crippen LogP contribution in [0.4, 0.5) is 0 Å². The van der Waals surface area contributed by atoms with E-state index >= 15 is 0 Å². The molecule has 0 radical (unpaired) electrons. The van der Waals surface area contributed by atoms with Crippen molar-refractivity contribution in [1.82, 2.24) is 5.16 Å². The van der Waals surface area contributed by atoms with E-state index in [1.165, 1.54) is 11.3 Å². The number of nitrogens with zero attached hydrogens (tertiary/aromatic N) is 1. The van der Waals surface area contributed by atoms with Gasteiger partial charge in [0.1, 0.15) is 0 Å². The zero-order valence-electron chi connectivity index (χ0n) is 7.37. The molecule has 2 rings (SSSR count). The van der Waals surface area contributed by atoms with Crippen LogP contribution >= 0.6 is 22.9 Å². The Morgan fingerprint density at radius 1 is 1.50 bits per heavy atom. The largest absolute Gasteiger partial charge is 0.355 e. The summed E-state index contributed by atoms with van der Waals surface area (Å²) in [6, 6.07) is 5.65. The summed E-state index contributed by atoms with van der Waals surface area (Å²) in [5.41, 5.74) is 6.29. The van der Waals surface area contributed by atoms with Gasteiger partial charge in [0, 0.05) is 12.5 Å². The molecule has 2 heterocycles. The summed E-state index contributed by atoms with van der Waals surface area (Å²) >= 11 is 7.29. The van der Waals surface area contributed by atoms with Crippen molar-refractivity contribution in [2.75, 3.05) is 6.54 Å². The monoisotopic (exact) mass is 228 g/mol. The van der Waals surface area contributed by atoms with Gasteiger partial charge < -0.3 is 10.3 Å². The molecule has 2 aromatic heterocycles. The van der Waals surface area contributed by atoms with Crippen molar-refractivity contribution in [3.8, 4) is 10.6 Å². The molecular formula is C9H9ClN2OS. The van der Waals surface area contributed by atoms with E-state index in [-0.39, 0.29) is 0 Å². The quantitative estimate of drug-likeness (QED) is 0.879. The summed E-state index contributed by atoms with van der Waals surface area (Å²) in [7, 11) is 0. The fourth-order valence-corrected chi connectivity index (χ4v) is 2.13. The highest BCUT2D eigenvalue weighted by atomic mass is 35.5. The van der Waals surface area contributed by atoms with Gasteiger partial charge in [0.15, 0.2) is 5.76 Å². The normalized spacial score (nSPS) is 10.7. The van der Waals surface area contributed by atoms with Gasteiger partial charge in [-0.25, -0.2) is 0 Å². The summed E-state index contributed by atoms with van der Waals surface area (Å²) in [4.78, 5) is 0.991. The molecule has 2 aromatic rings. The zero-order valence-corrected chi connectivity index (χ0v) is 8.94. The lowest BCUT2D eigenvalue weighted by molar-refractivity contribution is 0.424. The second-order valence-electron chi connectivity index (χ2n) is 2.82. The van der Waals surface area contributed by atoms with Gasteiger partial charge in [-0.3, -0.25) is 0 Å². The van der Waals surface area contributed by atoms with Crippen molar-refractivity contribution < 1.29 is 4.52 Å². The first-order valence-corrected chi connectivity index (χ1v) is 5.40. The Bertz CT molecular complexity index is 424. The van der Waals surface area contributed by atoms with Gasteiger partial charge in [-0.05, 0) is 18.7 Å². The molecule has 3 nitrogen and oxygen atoms in total. The van der Waals surface area contributed by atoms with Gasteiger partial charge in [0.2, 0.25) is 0 Å². The van der Waals surface area contributed by atoms with E-state index in [4.69, 9.17) is 21.9 Å². The van der Waals surface area contributed by atoms with Crippen LogP contribution in [-0.4, -0.2) is 11.7 Å². The highest BCUT2D eigenvalue weighted by Crippen LogP contribution is 2.31. The second kappa shape index (κ2) is 4.13. The summed E-state index contributed by atoms with van der Waals surface area (Å²) in [6.45, 7) is 0.581. The molecular weight excluding hydrogens is 220 g/mol. The van der Waals surface area contributed by atoms with Gasteiger partial charge >= 0.3 is 0 Å². The van der Waals surface area contributed by atoms with Gasteiger partial charge in [-0.1, -0.05) is 16.8 Å². The predicted molar refractivity (Wildman–Crippen MR) is 57.6 cm³/mol. The third-order valence-corrected chi connectivity index (χ3v) is 3.02. The zero-order chi connectivity index (χ0) is 9.97. The average Bonchev–Trinajstić information content (AvgIpc) is 2.74. The molecule has 0 aliphatic carbocycles. The maximum absolute atomic E-state index is 5.81. The number of hydrogen-bond acceptors (Lipinski definition) is 4. The molecule has 2 N–H and O–H groups in total. The van der Waals surface area contributed by atoms with Crippen molar-refractivity contribution in [2.45, 2.75) is 6.42 Å². The van der Waals surface area contributed by atoms with Gasteiger partial charge in [0.05, 0.1) is 14.9 Å². The van der Waals surface area contributed by atoms with Crippen molar-refractivity contribution in [3.63, 3.8) is 0 Å². The lowest BCUT2D eigenvalue weighted by Crippen LogP contribution is -2.02. The minimum atomic E-state index is 0.581. The van der Waals surface area contributed by atoms with E-state index in [2.05, 4.69) is 5.16 Å². The van der Waals surface area contributed by atoms with E-state index in [1.807, 2.05) is 18.2 Å². The highest BCUT2D eigenvalue weighted by Gasteiger charge is 2.08. The molecule has 74 valence electrons. The topological polar surface area (TPSA) is 52.0 Å². The van der Waals surface area contributed by atoms with Crippen molar-refractivity contribution >= 4 is 22.9 Å². The Labute approximate surface area is 90.5 Å². The SMILES string of the molecule is NCCc1cc(-c2ccc(Cl)s2)on1. The van der Waals surface area contributed by atoms with Crippen LogP contribution in [0, 0.1) is 0 Å². The minimum Gasteiger partial charge on any atom is -0.355 e. The first-order chi connectivity index (χ1) is 6.79. The maximum atomic E-state index is 5.81. The van der Waals surface area contributed by atoms with E-state index in [0.717, 1.165) is 27.1 Å². The smallest absolute Gasteiger partial charge is 0.177 e. The third kappa shape index (κ3) is 1.97. The number of rotatable bonds is 3. The molecule has 0 saturated carbocycles. The summed E-state index contributed by atoms with van der Waals surface area (Å²) < 4.78 is 5.91. The molecule has 14 heavy (non-hydrogen) atoms. The Balaban J connectivity index is 2.24. The highest BCUT2D eigenvalue weighted by molar-refractivity contribution is 7.19. The first-order valence-electron chi connectivity index (χ1n) is 4.21. The van der Waals surface area contributed by atoms with E-state index in [0.29, 0.717) is 6.54 Å². The first kappa shape index (κ1) is 9.71. The summed E-state index contributed by atoms with van der Waals surface area (Å²) in [6.07, 6.45) is 0.739. The van der Waals surface area contributed by atoms with E-state index in [9.17, 15) is 0 Å². The molecule has 0 aromatic carbocycles. The predicted octanol–water partition coefficient (Wildman–Crippen LogP) is 2.56. The Kier molecular flexibility index (Phi) is 2.86. The van der Waals surface area contributed by atoms with Crippen molar-refractivity contribution in [1.29, 1.82) is 0 Å². The fraction of sp³-hybridized carbons (Fsp3) is 0.222. The molecule has 0 spiro atoms. The molecule has 0 aliphatic heterocycles. The van der Waals surface area contributed by atoms with Crippen LogP contribution in [0.5, 0.6) is 0 Å². The van der Waals surface area contributed by atoms with Crippen LogP contribution < -0.4 is 5.73 Å². The molecule has 0 unspecified atom stereocenters. The van der Waals surface area contributed by atoms with E-state index in [1.54, 1.807) is 0 Å². The molecule has 0 atom stereocenters. The Hall–Kier alpha value is -0.840.